The maximum atomic E-state index is 6.60. The Hall–Kier alpha value is -7.62. The molecule has 0 atom stereocenters. The van der Waals surface area contributed by atoms with Crippen LogP contribution in [0.3, 0.4) is 0 Å². The van der Waals surface area contributed by atoms with E-state index in [0.29, 0.717) is 0 Å². The molecule has 0 unspecified atom stereocenters. The second kappa shape index (κ2) is 14.5. The normalized spacial score (nSPS) is 11.6. The van der Waals surface area contributed by atoms with Crippen molar-refractivity contribution in [2.75, 3.05) is 0 Å². The summed E-state index contributed by atoms with van der Waals surface area (Å²) in [5.41, 5.74) is 14.5. The van der Waals surface area contributed by atoms with Crippen LogP contribution >= 0.6 is 0 Å². The van der Waals surface area contributed by atoms with Gasteiger partial charge in [-0.25, -0.2) is 0 Å². The van der Waals surface area contributed by atoms with E-state index < -0.39 is 0 Å². The van der Waals surface area contributed by atoms with Gasteiger partial charge in [0, 0.05) is 38.0 Å². The summed E-state index contributed by atoms with van der Waals surface area (Å²) in [7, 11) is 0. The standard InChI is InChI=1S/C48H30N2O.C7H10/c1-3-14-31(15-4-1)39-30-46-41(35-19-8-11-23-43(35)50(46)45-24-13-21-37-36-20-9-12-25-47(36)51-48(37)45)29-38(39)32-26-27-44-40(28-32)34-18-7-10-22-42(34)49(44)33-16-5-2-6-17-33;1-4-5-6-7(2)3/h1-30H;4-6H,1-2H2,3H3/b;6-5-. The highest BCUT2D eigenvalue weighted by Crippen LogP contribution is 2.44. The second-order valence-corrected chi connectivity index (χ2v) is 14.7. The molecule has 58 heavy (non-hydrogen) atoms. The number of rotatable bonds is 6. The monoisotopic (exact) mass is 744 g/mol. The average molecular weight is 745 g/mol. The van der Waals surface area contributed by atoms with Gasteiger partial charge in [-0.05, 0) is 89.8 Å². The number of nitrogens with zero attached hydrogens (tertiary/aromatic N) is 2. The number of benzene rings is 8. The number of para-hydroxylation sites is 5. The van der Waals surface area contributed by atoms with Gasteiger partial charge in [-0.3, -0.25) is 0 Å². The van der Waals surface area contributed by atoms with E-state index in [1.165, 1.54) is 54.8 Å². The lowest BCUT2D eigenvalue weighted by Crippen LogP contribution is -1.95. The lowest BCUT2D eigenvalue weighted by molar-refractivity contribution is 0.666. The van der Waals surface area contributed by atoms with Crippen LogP contribution in [-0.2, 0) is 0 Å². The zero-order valence-corrected chi connectivity index (χ0v) is 32.3. The van der Waals surface area contributed by atoms with E-state index in [4.69, 9.17) is 4.42 Å². The van der Waals surface area contributed by atoms with Gasteiger partial charge < -0.3 is 13.6 Å². The quantitative estimate of drug-likeness (QED) is 0.156. The van der Waals surface area contributed by atoms with Crippen molar-refractivity contribution in [2.45, 2.75) is 6.92 Å². The SMILES string of the molecule is C=C/C=C\C(=C)C.c1ccc(-c2cc3c(cc2-c2ccc4c(c2)c2ccccc2n4-c2ccccc2)c2ccccc2n3-c2cccc3c2oc2ccccc23)cc1. The first kappa shape index (κ1) is 34.8. The fourth-order valence-electron chi connectivity index (χ4n) is 8.51. The molecule has 3 aromatic heterocycles. The van der Waals surface area contributed by atoms with Crippen molar-refractivity contribution in [3.05, 3.63) is 219 Å². The van der Waals surface area contributed by atoms with Gasteiger partial charge >= 0.3 is 0 Å². The molecule has 3 heterocycles. The zero-order valence-electron chi connectivity index (χ0n) is 32.3. The van der Waals surface area contributed by atoms with Gasteiger partial charge in [0.2, 0.25) is 0 Å². The minimum atomic E-state index is 0.895. The van der Waals surface area contributed by atoms with Gasteiger partial charge in [-0.1, -0.05) is 158 Å². The molecule has 3 heteroatoms. The van der Waals surface area contributed by atoms with Crippen molar-refractivity contribution in [1.29, 1.82) is 0 Å². The highest BCUT2D eigenvalue weighted by Gasteiger charge is 2.21. The van der Waals surface area contributed by atoms with Gasteiger partial charge in [0.1, 0.15) is 5.58 Å². The predicted octanol–water partition coefficient (Wildman–Crippen LogP) is 15.4. The van der Waals surface area contributed by atoms with Crippen LogP contribution in [0.25, 0.3) is 99.2 Å². The van der Waals surface area contributed by atoms with Crippen LogP contribution in [-0.4, -0.2) is 9.13 Å². The van der Waals surface area contributed by atoms with Crippen LogP contribution < -0.4 is 0 Å². The van der Waals surface area contributed by atoms with Crippen LogP contribution in [0.1, 0.15) is 6.92 Å². The topological polar surface area (TPSA) is 23.0 Å². The van der Waals surface area contributed by atoms with Crippen molar-refractivity contribution in [2.24, 2.45) is 0 Å². The van der Waals surface area contributed by atoms with E-state index in [9.17, 15) is 0 Å². The number of fused-ring (bicyclic) bond motifs is 9. The summed E-state index contributed by atoms with van der Waals surface area (Å²) in [6.45, 7) is 9.11. The van der Waals surface area contributed by atoms with Crippen LogP contribution in [0.5, 0.6) is 0 Å². The molecule has 0 N–H and O–H groups in total. The predicted molar refractivity (Wildman–Crippen MR) is 247 cm³/mol. The van der Waals surface area contributed by atoms with Crippen LogP contribution in [0.15, 0.2) is 223 Å². The molecule has 0 aliphatic carbocycles. The third kappa shape index (κ3) is 5.84. The fourth-order valence-corrected chi connectivity index (χ4v) is 8.51. The molecular formula is C55H40N2O. The molecule has 0 saturated carbocycles. The summed E-state index contributed by atoms with van der Waals surface area (Å²) < 4.78 is 11.4. The highest BCUT2D eigenvalue weighted by atomic mass is 16.3. The fraction of sp³-hybridized carbons (Fsp3) is 0.0182. The van der Waals surface area contributed by atoms with Crippen molar-refractivity contribution in [3.8, 4) is 33.6 Å². The van der Waals surface area contributed by atoms with Crippen LogP contribution in [0.4, 0.5) is 0 Å². The van der Waals surface area contributed by atoms with Crippen molar-refractivity contribution < 1.29 is 4.42 Å². The second-order valence-electron chi connectivity index (χ2n) is 14.7. The third-order valence-electron chi connectivity index (χ3n) is 11.0. The molecule has 276 valence electrons. The highest BCUT2D eigenvalue weighted by molar-refractivity contribution is 6.16. The van der Waals surface area contributed by atoms with E-state index in [1.807, 2.05) is 25.1 Å². The van der Waals surface area contributed by atoms with E-state index >= 15 is 0 Å². The minimum absolute atomic E-state index is 0.895. The molecule has 11 aromatic rings. The molecular weight excluding hydrogens is 705 g/mol. The summed E-state index contributed by atoms with van der Waals surface area (Å²) in [6, 6.07) is 65.5. The molecule has 0 saturated heterocycles. The Kier molecular flexibility index (Phi) is 8.69. The van der Waals surface area contributed by atoms with E-state index in [-0.39, 0.29) is 0 Å². The van der Waals surface area contributed by atoms with Crippen molar-refractivity contribution in [3.63, 3.8) is 0 Å². The van der Waals surface area contributed by atoms with E-state index in [0.717, 1.165) is 49.9 Å². The molecule has 0 bridgehead atoms. The van der Waals surface area contributed by atoms with Gasteiger partial charge in [0.05, 0.1) is 27.8 Å². The molecule has 8 aromatic carbocycles. The summed E-state index contributed by atoms with van der Waals surface area (Å²) in [4.78, 5) is 0. The Bertz CT molecular complexity index is 3370. The van der Waals surface area contributed by atoms with Gasteiger partial charge in [-0.15, -0.1) is 0 Å². The average Bonchev–Trinajstić information content (AvgIpc) is 3.93. The lowest BCUT2D eigenvalue weighted by atomic mass is 9.92. The largest absolute Gasteiger partial charge is 0.454 e. The first-order valence-electron chi connectivity index (χ1n) is 19.7. The summed E-state index contributed by atoms with van der Waals surface area (Å²) in [5.74, 6) is 0. The molecule has 0 spiro atoms. The first-order chi connectivity index (χ1) is 28.6. The maximum Gasteiger partial charge on any atom is 0.159 e. The molecule has 11 rings (SSSR count). The molecule has 0 aliphatic heterocycles. The summed E-state index contributed by atoms with van der Waals surface area (Å²) in [5, 5.41) is 7.16. The molecule has 3 nitrogen and oxygen atoms in total. The van der Waals surface area contributed by atoms with Crippen molar-refractivity contribution in [1.82, 2.24) is 9.13 Å². The Balaban J connectivity index is 0.000000538. The number of allylic oxidation sites excluding steroid dienone is 4. The smallest absolute Gasteiger partial charge is 0.159 e. The Morgan fingerprint density at radius 3 is 1.78 bits per heavy atom. The molecule has 0 amide bonds. The Labute approximate surface area is 337 Å². The molecule has 0 aliphatic rings. The number of hydrogen-bond acceptors (Lipinski definition) is 1. The van der Waals surface area contributed by atoms with Gasteiger partial charge in [0.25, 0.3) is 0 Å². The van der Waals surface area contributed by atoms with Gasteiger partial charge in [0.15, 0.2) is 5.58 Å². The van der Waals surface area contributed by atoms with E-state index in [2.05, 4.69) is 198 Å². The minimum Gasteiger partial charge on any atom is -0.454 e. The van der Waals surface area contributed by atoms with Crippen LogP contribution in [0.2, 0.25) is 0 Å². The van der Waals surface area contributed by atoms with E-state index in [1.54, 1.807) is 6.08 Å². The number of furan rings is 1. The lowest BCUT2D eigenvalue weighted by Gasteiger charge is -2.14. The number of aromatic nitrogens is 2. The zero-order chi connectivity index (χ0) is 39.2. The van der Waals surface area contributed by atoms with Gasteiger partial charge in [-0.2, -0.15) is 0 Å². The van der Waals surface area contributed by atoms with Crippen LogP contribution in [0, 0.1) is 0 Å². The number of hydrogen-bond donors (Lipinski definition) is 0. The molecule has 0 radical (unpaired) electrons. The maximum absolute atomic E-state index is 6.60. The summed E-state index contributed by atoms with van der Waals surface area (Å²) >= 11 is 0. The Morgan fingerprint density at radius 2 is 1.07 bits per heavy atom. The Morgan fingerprint density at radius 1 is 0.483 bits per heavy atom. The summed E-state index contributed by atoms with van der Waals surface area (Å²) in [6.07, 6.45) is 5.50. The van der Waals surface area contributed by atoms with Crippen molar-refractivity contribution >= 4 is 65.6 Å². The third-order valence-corrected chi connectivity index (χ3v) is 11.0. The molecule has 0 fully saturated rings. The first-order valence-corrected chi connectivity index (χ1v) is 19.7.